The molecule has 16 heavy (non-hydrogen) atoms. The second-order valence-electron chi connectivity index (χ2n) is 3.78. The standard InChI is InChI=1S/C13H13NO2/c1-9-6-11-4-3-5-14-13(11)12(7-9)8-16-10(2)15/h3-7H,8H2,1-2H3. The van der Waals surface area contributed by atoms with Crippen molar-refractivity contribution in [3.8, 4) is 0 Å². The summed E-state index contributed by atoms with van der Waals surface area (Å²) in [6.07, 6.45) is 1.74. The Morgan fingerprint density at radius 3 is 3.00 bits per heavy atom. The summed E-state index contributed by atoms with van der Waals surface area (Å²) in [5.74, 6) is -0.273. The summed E-state index contributed by atoms with van der Waals surface area (Å²) >= 11 is 0. The molecule has 2 aromatic rings. The second-order valence-corrected chi connectivity index (χ2v) is 3.78. The van der Waals surface area contributed by atoms with Gasteiger partial charge in [0.15, 0.2) is 0 Å². The summed E-state index contributed by atoms with van der Waals surface area (Å²) in [7, 11) is 0. The van der Waals surface area contributed by atoms with E-state index in [-0.39, 0.29) is 12.6 Å². The van der Waals surface area contributed by atoms with Gasteiger partial charge in [0, 0.05) is 24.1 Å². The molecule has 0 amide bonds. The molecule has 0 unspecified atom stereocenters. The molecule has 0 aliphatic heterocycles. The molecule has 0 aliphatic carbocycles. The molecule has 1 aromatic carbocycles. The Balaban J connectivity index is 2.46. The maximum Gasteiger partial charge on any atom is 0.302 e. The predicted octanol–water partition coefficient (Wildman–Crippen LogP) is 2.61. The van der Waals surface area contributed by atoms with Crippen molar-refractivity contribution >= 4 is 16.9 Å². The van der Waals surface area contributed by atoms with Gasteiger partial charge in [-0.15, -0.1) is 0 Å². The van der Waals surface area contributed by atoms with Crippen LogP contribution in [0, 0.1) is 6.92 Å². The van der Waals surface area contributed by atoms with Gasteiger partial charge in [0.2, 0.25) is 0 Å². The molecule has 1 heterocycles. The lowest BCUT2D eigenvalue weighted by atomic mass is 10.1. The molecule has 0 radical (unpaired) electrons. The molecule has 3 nitrogen and oxygen atoms in total. The molecular formula is C13H13NO2. The Morgan fingerprint density at radius 2 is 2.25 bits per heavy atom. The van der Waals surface area contributed by atoms with Gasteiger partial charge in [-0.25, -0.2) is 0 Å². The first-order chi connectivity index (χ1) is 7.66. The van der Waals surface area contributed by atoms with Crippen LogP contribution in [0.25, 0.3) is 10.9 Å². The number of nitrogens with zero attached hydrogens (tertiary/aromatic N) is 1. The average Bonchev–Trinajstić information content (AvgIpc) is 2.25. The maximum atomic E-state index is 10.8. The minimum Gasteiger partial charge on any atom is -0.461 e. The molecule has 0 spiro atoms. The largest absolute Gasteiger partial charge is 0.461 e. The molecule has 1 aromatic heterocycles. The highest BCUT2D eigenvalue weighted by Gasteiger charge is 2.04. The van der Waals surface area contributed by atoms with Crippen LogP contribution in [0.4, 0.5) is 0 Å². The van der Waals surface area contributed by atoms with E-state index in [0.717, 1.165) is 22.0 Å². The monoisotopic (exact) mass is 215 g/mol. The number of esters is 1. The highest BCUT2D eigenvalue weighted by Crippen LogP contribution is 2.19. The van der Waals surface area contributed by atoms with Crippen molar-refractivity contribution in [3.05, 3.63) is 41.6 Å². The summed E-state index contributed by atoms with van der Waals surface area (Å²) in [5.41, 5.74) is 2.99. The van der Waals surface area contributed by atoms with Crippen molar-refractivity contribution < 1.29 is 9.53 Å². The number of hydrogen-bond donors (Lipinski definition) is 0. The van der Waals surface area contributed by atoms with E-state index >= 15 is 0 Å². The third-order valence-electron chi connectivity index (χ3n) is 2.36. The number of fused-ring (bicyclic) bond motifs is 1. The van der Waals surface area contributed by atoms with Gasteiger partial charge < -0.3 is 4.74 Å². The van der Waals surface area contributed by atoms with Crippen LogP contribution in [-0.4, -0.2) is 11.0 Å². The van der Waals surface area contributed by atoms with Crippen molar-refractivity contribution in [2.45, 2.75) is 20.5 Å². The quantitative estimate of drug-likeness (QED) is 0.723. The SMILES string of the molecule is CC(=O)OCc1cc(C)cc2cccnc12. The maximum absolute atomic E-state index is 10.8. The van der Waals surface area contributed by atoms with Gasteiger partial charge in [0.1, 0.15) is 6.61 Å². The fraction of sp³-hybridized carbons (Fsp3) is 0.231. The Kier molecular flexibility index (Phi) is 2.86. The van der Waals surface area contributed by atoms with Crippen molar-refractivity contribution in [2.24, 2.45) is 0 Å². The predicted molar refractivity (Wildman–Crippen MR) is 62.0 cm³/mol. The van der Waals surface area contributed by atoms with Gasteiger partial charge in [0.25, 0.3) is 0 Å². The Hall–Kier alpha value is -1.90. The lowest BCUT2D eigenvalue weighted by Crippen LogP contribution is -2.00. The van der Waals surface area contributed by atoms with Crippen LogP contribution in [0.1, 0.15) is 18.1 Å². The molecule has 0 fully saturated rings. The summed E-state index contributed by atoms with van der Waals surface area (Å²) < 4.78 is 5.01. The van der Waals surface area contributed by atoms with Crippen molar-refractivity contribution in [1.29, 1.82) is 0 Å². The Morgan fingerprint density at radius 1 is 1.44 bits per heavy atom. The van der Waals surface area contributed by atoms with Crippen molar-refractivity contribution in [3.63, 3.8) is 0 Å². The molecule has 0 bridgehead atoms. The second kappa shape index (κ2) is 4.31. The van der Waals surface area contributed by atoms with Gasteiger partial charge >= 0.3 is 5.97 Å². The van der Waals surface area contributed by atoms with E-state index in [2.05, 4.69) is 11.1 Å². The molecule has 0 saturated carbocycles. The first-order valence-electron chi connectivity index (χ1n) is 5.14. The van der Waals surface area contributed by atoms with E-state index in [1.807, 2.05) is 25.1 Å². The van der Waals surface area contributed by atoms with Crippen LogP contribution in [0.15, 0.2) is 30.5 Å². The van der Waals surface area contributed by atoms with E-state index in [1.165, 1.54) is 6.92 Å². The number of benzene rings is 1. The van der Waals surface area contributed by atoms with Crippen LogP contribution in [0.5, 0.6) is 0 Å². The number of carbonyl (C=O) groups is 1. The fourth-order valence-corrected chi connectivity index (χ4v) is 1.72. The molecule has 82 valence electrons. The Bertz CT molecular complexity index is 534. The van der Waals surface area contributed by atoms with E-state index in [1.54, 1.807) is 6.20 Å². The number of aromatic nitrogens is 1. The van der Waals surface area contributed by atoms with E-state index in [4.69, 9.17) is 4.74 Å². The van der Waals surface area contributed by atoms with Gasteiger partial charge in [-0.2, -0.15) is 0 Å². The highest BCUT2D eigenvalue weighted by molar-refractivity contribution is 5.82. The van der Waals surface area contributed by atoms with Crippen LogP contribution in [0.3, 0.4) is 0 Å². The van der Waals surface area contributed by atoms with Crippen LogP contribution >= 0.6 is 0 Å². The number of carbonyl (C=O) groups excluding carboxylic acids is 1. The molecule has 0 saturated heterocycles. The minimum atomic E-state index is -0.273. The number of rotatable bonds is 2. The van der Waals surface area contributed by atoms with Crippen LogP contribution < -0.4 is 0 Å². The zero-order valence-electron chi connectivity index (χ0n) is 9.36. The average molecular weight is 215 g/mol. The molecule has 0 aliphatic rings. The fourth-order valence-electron chi connectivity index (χ4n) is 1.72. The lowest BCUT2D eigenvalue weighted by molar-refractivity contribution is -0.142. The molecule has 0 atom stereocenters. The molecular weight excluding hydrogens is 202 g/mol. The highest BCUT2D eigenvalue weighted by atomic mass is 16.5. The van der Waals surface area contributed by atoms with E-state index in [9.17, 15) is 4.79 Å². The molecule has 0 N–H and O–H groups in total. The van der Waals surface area contributed by atoms with Gasteiger partial charge in [-0.3, -0.25) is 9.78 Å². The van der Waals surface area contributed by atoms with Crippen molar-refractivity contribution in [2.75, 3.05) is 0 Å². The third kappa shape index (κ3) is 2.19. The zero-order valence-corrected chi connectivity index (χ0v) is 9.36. The van der Waals surface area contributed by atoms with Gasteiger partial charge in [-0.1, -0.05) is 12.1 Å². The van der Waals surface area contributed by atoms with Crippen LogP contribution in [0.2, 0.25) is 0 Å². The first kappa shape index (κ1) is 10.6. The minimum absolute atomic E-state index is 0.273. The number of aryl methyl sites for hydroxylation is 1. The van der Waals surface area contributed by atoms with Gasteiger partial charge in [-0.05, 0) is 24.6 Å². The summed E-state index contributed by atoms with van der Waals surface area (Å²) in [6.45, 7) is 3.71. The normalized spacial score (nSPS) is 10.4. The van der Waals surface area contributed by atoms with Crippen LogP contribution in [-0.2, 0) is 16.1 Å². The smallest absolute Gasteiger partial charge is 0.302 e. The van der Waals surface area contributed by atoms with E-state index < -0.39 is 0 Å². The number of pyridine rings is 1. The zero-order chi connectivity index (χ0) is 11.5. The first-order valence-corrected chi connectivity index (χ1v) is 5.14. The van der Waals surface area contributed by atoms with Gasteiger partial charge in [0.05, 0.1) is 5.52 Å². The summed E-state index contributed by atoms with van der Waals surface area (Å²) in [4.78, 5) is 15.1. The topological polar surface area (TPSA) is 39.2 Å². The lowest BCUT2D eigenvalue weighted by Gasteiger charge is -2.07. The third-order valence-corrected chi connectivity index (χ3v) is 2.36. The van der Waals surface area contributed by atoms with E-state index in [0.29, 0.717) is 0 Å². The van der Waals surface area contributed by atoms with Crippen molar-refractivity contribution in [1.82, 2.24) is 4.98 Å². The Labute approximate surface area is 94.1 Å². The molecule has 3 heteroatoms. The molecule has 2 rings (SSSR count). The summed E-state index contributed by atoms with van der Waals surface area (Å²) in [6, 6.07) is 7.97. The summed E-state index contributed by atoms with van der Waals surface area (Å²) in [5, 5.41) is 1.07. The number of ether oxygens (including phenoxy) is 1. The number of hydrogen-bond acceptors (Lipinski definition) is 3.